The van der Waals surface area contributed by atoms with Gasteiger partial charge in [0.2, 0.25) is 0 Å². The van der Waals surface area contributed by atoms with E-state index in [4.69, 9.17) is 5.11 Å². The van der Waals surface area contributed by atoms with E-state index >= 15 is 0 Å². The lowest BCUT2D eigenvalue weighted by atomic mass is 9.97. The van der Waals surface area contributed by atoms with Crippen LogP contribution in [0.3, 0.4) is 0 Å². The number of carboxylic acid groups (broad SMARTS) is 1. The van der Waals surface area contributed by atoms with Crippen molar-refractivity contribution in [2.45, 2.75) is 0 Å². The summed E-state index contributed by atoms with van der Waals surface area (Å²) in [5, 5.41) is 11.1. The maximum absolute atomic E-state index is 11.1. The van der Waals surface area contributed by atoms with Crippen LogP contribution in [0.1, 0.15) is 10.4 Å². The lowest BCUT2D eigenvalue weighted by Crippen LogP contribution is -1.95. The second-order valence-corrected chi connectivity index (χ2v) is 5.47. The molecular weight excluding hydrogens is 316 g/mol. The van der Waals surface area contributed by atoms with Crippen LogP contribution in [-0.4, -0.2) is 11.1 Å². The highest BCUT2D eigenvalue weighted by molar-refractivity contribution is 9.10. The minimum atomic E-state index is -0.905. The summed E-state index contributed by atoms with van der Waals surface area (Å²) in [5.74, 6) is -0.905. The number of benzene rings is 3. The fraction of sp³-hybridized carbons (Fsp3) is 0. The molecule has 0 aliphatic carbocycles. The van der Waals surface area contributed by atoms with Crippen LogP contribution < -0.4 is 0 Å². The standard InChI is InChI=1S/C17H11BrO2/c18-14-8-6-12(7-9-14)15-3-1-2-11-4-5-13(17(19)20)10-16(11)15/h1-10H,(H,19,20). The Labute approximate surface area is 124 Å². The van der Waals surface area contributed by atoms with Gasteiger partial charge in [-0.2, -0.15) is 0 Å². The highest BCUT2D eigenvalue weighted by Gasteiger charge is 2.08. The fourth-order valence-electron chi connectivity index (χ4n) is 2.29. The molecule has 0 unspecified atom stereocenters. The van der Waals surface area contributed by atoms with Crippen LogP contribution in [0, 0.1) is 0 Å². The van der Waals surface area contributed by atoms with Gasteiger partial charge in [0.25, 0.3) is 0 Å². The monoisotopic (exact) mass is 326 g/mol. The van der Waals surface area contributed by atoms with Crippen molar-refractivity contribution in [3.8, 4) is 11.1 Å². The maximum atomic E-state index is 11.1. The van der Waals surface area contributed by atoms with Crippen molar-refractivity contribution in [3.05, 3.63) is 70.7 Å². The van der Waals surface area contributed by atoms with E-state index in [1.165, 1.54) is 0 Å². The maximum Gasteiger partial charge on any atom is 0.335 e. The van der Waals surface area contributed by atoms with Gasteiger partial charge in [0.1, 0.15) is 0 Å². The zero-order valence-corrected chi connectivity index (χ0v) is 12.1. The molecule has 0 saturated carbocycles. The van der Waals surface area contributed by atoms with Crippen LogP contribution in [0.15, 0.2) is 65.1 Å². The summed E-state index contributed by atoms with van der Waals surface area (Å²) in [6, 6.07) is 19.2. The number of aromatic carboxylic acids is 1. The SMILES string of the molecule is O=C(O)c1ccc2cccc(-c3ccc(Br)cc3)c2c1. The fourth-order valence-corrected chi connectivity index (χ4v) is 2.55. The number of rotatable bonds is 2. The van der Waals surface area contributed by atoms with Crippen LogP contribution in [0.5, 0.6) is 0 Å². The van der Waals surface area contributed by atoms with Crippen molar-refractivity contribution >= 4 is 32.7 Å². The highest BCUT2D eigenvalue weighted by Crippen LogP contribution is 2.30. The number of hydrogen-bond acceptors (Lipinski definition) is 1. The molecule has 0 radical (unpaired) electrons. The molecule has 98 valence electrons. The highest BCUT2D eigenvalue weighted by atomic mass is 79.9. The van der Waals surface area contributed by atoms with Crippen LogP contribution >= 0.6 is 15.9 Å². The quantitative estimate of drug-likeness (QED) is 0.722. The van der Waals surface area contributed by atoms with E-state index in [2.05, 4.69) is 15.9 Å². The molecule has 20 heavy (non-hydrogen) atoms. The molecule has 0 bridgehead atoms. The largest absolute Gasteiger partial charge is 0.478 e. The smallest absolute Gasteiger partial charge is 0.335 e. The zero-order valence-electron chi connectivity index (χ0n) is 10.5. The Morgan fingerprint density at radius 1 is 0.950 bits per heavy atom. The third kappa shape index (κ3) is 2.32. The van der Waals surface area contributed by atoms with E-state index in [9.17, 15) is 4.79 Å². The van der Waals surface area contributed by atoms with E-state index in [0.717, 1.165) is 26.4 Å². The minimum Gasteiger partial charge on any atom is -0.478 e. The van der Waals surface area contributed by atoms with Crippen molar-refractivity contribution in [2.75, 3.05) is 0 Å². The molecule has 0 amide bonds. The molecule has 3 heteroatoms. The second kappa shape index (κ2) is 5.10. The number of carboxylic acids is 1. The average Bonchev–Trinajstić information content (AvgIpc) is 2.47. The van der Waals surface area contributed by atoms with E-state index in [-0.39, 0.29) is 0 Å². The Kier molecular flexibility index (Phi) is 3.28. The van der Waals surface area contributed by atoms with E-state index < -0.39 is 5.97 Å². The summed E-state index contributed by atoms with van der Waals surface area (Å²) in [7, 11) is 0. The molecule has 3 rings (SSSR count). The van der Waals surface area contributed by atoms with Gasteiger partial charge in [-0.1, -0.05) is 52.3 Å². The van der Waals surface area contributed by atoms with Gasteiger partial charge in [-0.25, -0.2) is 4.79 Å². The molecule has 0 heterocycles. The van der Waals surface area contributed by atoms with Gasteiger partial charge in [0.15, 0.2) is 0 Å². The molecule has 0 aromatic heterocycles. The first-order valence-electron chi connectivity index (χ1n) is 6.17. The van der Waals surface area contributed by atoms with Gasteiger partial charge in [-0.3, -0.25) is 0 Å². The summed E-state index contributed by atoms with van der Waals surface area (Å²) in [5.41, 5.74) is 2.42. The number of halogens is 1. The first-order chi connectivity index (χ1) is 9.65. The molecule has 3 aromatic rings. The molecule has 0 atom stereocenters. The summed E-state index contributed by atoms with van der Waals surface area (Å²) in [6.07, 6.45) is 0. The van der Waals surface area contributed by atoms with Gasteiger partial charge in [0, 0.05) is 4.47 Å². The van der Waals surface area contributed by atoms with E-state index in [1.807, 2.05) is 48.5 Å². The van der Waals surface area contributed by atoms with Gasteiger partial charge >= 0.3 is 5.97 Å². The van der Waals surface area contributed by atoms with Crippen molar-refractivity contribution < 1.29 is 9.90 Å². The second-order valence-electron chi connectivity index (χ2n) is 4.55. The van der Waals surface area contributed by atoms with Crippen LogP contribution in [0.2, 0.25) is 0 Å². The molecule has 1 N–H and O–H groups in total. The molecule has 0 aliphatic rings. The van der Waals surface area contributed by atoms with Crippen molar-refractivity contribution in [3.63, 3.8) is 0 Å². The predicted molar refractivity (Wildman–Crippen MR) is 84.0 cm³/mol. The average molecular weight is 327 g/mol. The van der Waals surface area contributed by atoms with Crippen molar-refractivity contribution in [1.29, 1.82) is 0 Å². The molecule has 0 fully saturated rings. The Hall–Kier alpha value is -2.13. The number of hydrogen-bond donors (Lipinski definition) is 1. The Morgan fingerprint density at radius 2 is 1.70 bits per heavy atom. The minimum absolute atomic E-state index is 0.307. The third-order valence-electron chi connectivity index (χ3n) is 3.28. The molecule has 0 saturated heterocycles. The van der Waals surface area contributed by atoms with E-state index in [1.54, 1.807) is 12.1 Å². The first kappa shape index (κ1) is 12.9. The summed E-state index contributed by atoms with van der Waals surface area (Å²) in [4.78, 5) is 11.1. The van der Waals surface area contributed by atoms with Crippen molar-refractivity contribution in [2.24, 2.45) is 0 Å². The zero-order chi connectivity index (χ0) is 14.1. The van der Waals surface area contributed by atoms with Gasteiger partial charge in [-0.05, 0) is 46.2 Å². The molecule has 0 aliphatic heterocycles. The lowest BCUT2D eigenvalue weighted by Gasteiger charge is -2.08. The van der Waals surface area contributed by atoms with Crippen LogP contribution in [0.4, 0.5) is 0 Å². The summed E-state index contributed by atoms with van der Waals surface area (Å²) < 4.78 is 1.02. The molecule has 3 aromatic carbocycles. The Bertz CT molecular complexity index is 792. The summed E-state index contributed by atoms with van der Waals surface area (Å²) in [6.45, 7) is 0. The van der Waals surface area contributed by atoms with E-state index in [0.29, 0.717) is 5.56 Å². The lowest BCUT2D eigenvalue weighted by molar-refractivity contribution is 0.0697. The Morgan fingerprint density at radius 3 is 2.40 bits per heavy atom. The molecule has 0 spiro atoms. The molecular formula is C17H11BrO2. The van der Waals surface area contributed by atoms with Crippen LogP contribution in [-0.2, 0) is 0 Å². The van der Waals surface area contributed by atoms with Gasteiger partial charge < -0.3 is 5.11 Å². The normalized spacial score (nSPS) is 10.7. The number of fused-ring (bicyclic) bond motifs is 1. The third-order valence-corrected chi connectivity index (χ3v) is 3.81. The Balaban J connectivity index is 2.26. The van der Waals surface area contributed by atoms with Gasteiger partial charge in [-0.15, -0.1) is 0 Å². The van der Waals surface area contributed by atoms with Gasteiger partial charge in [0.05, 0.1) is 5.56 Å². The topological polar surface area (TPSA) is 37.3 Å². The van der Waals surface area contributed by atoms with Crippen LogP contribution in [0.25, 0.3) is 21.9 Å². The molecule has 2 nitrogen and oxygen atoms in total. The predicted octanol–water partition coefficient (Wildman–Crippen LogP) is 4.97. The van der Waals surface area contributed by atoms with Crippen molar-refractivity contribution in [1.82, 2.24) is 0 Å². The first-order valence-corrected chi connectivity index (χ1v) is 6.96. The number of carbonyl (C=O) groups is 1. The summed E-state index contributed by atoms with van der Waals surface area (Å²) >= 11 is 3.42.